The number of carbonyl (C=O) groups is 2. The Labute approximate surface area is 86.8 Å². The molecule has 84 valence electrons. The molecule has 14 heavy (non-hydrogen) atoms. The number of hydrogen-bond acceptors (Lipinski definition) is 3. The third-order valence-electron chi connectivity index (χ3n) is 1.48. The smallest absolute Gasteiger partial charge is 0.302 e. The summed E-state index contributed by atoms with van der Waals surface area (Å²) in [4.78, 5) is 19.7. The molecule has 0 atom stereocenters. The normalized spacial score (nSPS) is 8.50. The predicted molar refractivity (Wildman–Crippen MR) is 57.1 cm³/mol. The van der Waals surface area contributed by atoms with Crippen molar-refractivity contribution in [3.8, 4) is 0 Å². The van der Waals surface area contributed by atoms with Gasteiger partial charge in [-0.05, 0) is 12.8 Å². The second kappa shape index (κ2) is 14.7. The highest BCUT2D eigenvalue weighted by atomic mass is 16.5. The van der Waals surface area contributed by atoms with Gasteiger partial charge in [0.1, 0.15) is 6.29 Å². The van der Waals surface area contributed by atoms with Gasteiger partial charge in [0.2, 0.25) is 0 Å². The lowest BCUT2D eigenvalue weighted by Gasteiger charge is -1.96. The first kappa shape index (κ1) is 15.6. The molecule has 0 fully saturated rings. The Morgan fingerprint density at radius 3 is 2.07 bits per heavy atom. The van der Waals surface area contributed by atoms with Gasteiger partial charge in [0.15, 0.2) is 0 Å². The summed E-state index contributed by atoms with van der Waals surface area (Å²) < 4.78 is 4.64. The summed E-state index contributed by atoms with van der Waals surface area (Å²) in [5, 5.41) is 0. The summed E-state index contributed by atoms with van der Waals surface area (Å²) in [5.74, 6) is -0.182. The first-order valence-corrected chi connectivity index (χ1v) is 5.26. The number of unbranched alkanes of at least 4 members (excludes halogenated alkanes) is 3. The van der Waals surface area contributed by atoms with Crippen LogP contribution in [0, 0.1) is 0 Å². The first-order valence-electron chi connectivity index (χ1n) is 5.26. The average Bonchev–Trinajstić information content (AvgIpc) is 2.16. The van der Waals surface area contributed by atoms with E-state index in [9.17, 15) is 9.59 Å². The molecular weight excluding hydrogens is 180 g/mol. The van der Waals surface area contributed by atoms with Crippen molar-refractivity contribution < 1.29 is 14.3 Å². The maximum absolute atomic E-state index is 10.1. The third-order valence-corrected chi connectivity index (χ3v) is 1.48. The van der Waals surface area contributed by atoms with E-state index in [-0.39, 0.29) is 5.97 Å². The van der Waals surface area contributed by atoms with Crippen LogP contribution in [-0.2, 0) is 14.3 Å². The molecule has 0 aromatic carbocycles. The van der Waals surface area contributed by atoms with Crippen LogP contribution in [0.4, 0.5) is 0 Å². The Balaban J connectivity index is 0. The van der Waals surface area contributed by atoms with E-state index >= 15 is 0 Å². The second-order valence-electron chi connectivity index (χ2n) is 3.00. The fourth-order valence-corrected chi connectivity index (χ4v) is 0.648. The fourth-order valence-electron chi connectivity index (χ4n) is 0.648. The zero-order valence-electron chi connectivity index (χ0n) is 9.54. The molecule has 0 amide bonds. The third kappa shape index (κ3) is 22.5. The quantitative estimate of drug-likeness (QED) is 0.378. The summed E-state index contributed by atoms with van der Waals surface area (Å²) in [7, 11) is 0. The molecule has 0 aromatic heterocycles. The van der Waals surface area contributed by atoms with Gasteiger partial charge in [-0.1, -0.05) is 26.7 Å². The van der Waals surface area contributed by atoms with E-state index in [0.717, 1.165) is 38.4 Å². The van der Waals surface area contributed by atoms with Crippen LogP contribution in [0.15, 0.2) is 0 Å². The van der Waals surface area contributed by atoms with Gasteiger partial charge in [0.05, 0.1) is 6.61 Å². The highest BCUT2D eigenvalue weighted by Crippen LogP contribution is 1.87. The highest BCUT2D eigenvalue weighted by Gasteiger charge is 1.88. The lowest BCUT2D eigenvalue weighted by molar-refractivity contribution is -0.141. The monoisotopic (exact) mass is 202 g/mol. The lowest BCUT2D eigenvalue weighted by atomic mass is 10.3. The van der Waals surface area contributed by atoms with Crippen molar-refractivity contribution in [1.29, 1.82) is 0 Å². The van der Waals surface area contributed by atoms with Gasteiger partial charge < -0.3 is 9.53 Å². The minimum atomic E-state index is -0.182. The van der Waals surface area contributed by atoms with Gasteiger partial charge in [0.25, 0.3) is 0 Å². The van der Waals surface area contributed by atoms with Gasteiger partial charge in [-0.25, -0.2) is 0 Å². The van der Waals surface area contributed by atoms with Crippen molar-refractivity contribution in [1.82, 2.24) is 0 Å². The van der Waals surface area contributed by atoms with Crippen LogP contribution < -0.4 is 0 Å². The maximum Gasteiger partial charge on any atom is 0.302 e. The summed E-state index contributed by atoms with van der Waals surface area (Å²) in [5.41, 5.74) is 0. The maximum atomic E-state index is 10.1. The van der Waals surface area contributed by atoms with Crippen molar-refractivity contribution in [3.63, 3.8) is 0 Å². The summed E-state index contributed by atoms with van der Waals surface area (Å²) in [6, 6.07) is 0. The van der Waals surface area contributed by atoms with Crippen LogP contribution in [0.3, 0.4) is 0 Å². The molecule has 3 nitrogen and oxygen atoms in total. The van der Waals surface area contributed by atoms with Crippen LogP contribution in [0.5, 0.6) is 0 Å². The minimum Gasteiger partial charge on any atom is -0.466 e. The topological polar surface area (TPSA) is 43.4 Å². The highest BCUT2D eigenvalue weighted by molar-refractivity contribution is 5.65. The van der Waals surface area contributed by atoms with Crippen molar-refractivity contribution >= 4 is 12.3 Å². The van der Waals surface area contributed by atoms with E-state index in [1.54, 1.807) is 0 Å². The summed E-state index contributed by atoms with van der Waals surface area (Å²) in [6.07, 6.45) is 5.91. The zero-order valence-corrected chi connectivity index (χ0v) is 9.54. The number of rotatable bonds is 6. The molecule has 0 radical (unpaired) electrons. The molecule has 0 N–H and O–H groups in total. The van der Waals surface area contributed by atoms with Crippen molar-refractivity contribution in [3.05, 3.63) is 0 Å². The molecule has 0 rings (SSSR count). The van der Waals surface area contributed by atoms with E-state index in [0.29, 0.717) is 6.61 Å². The molecule has 0 saturated carbocycles. The van der Waals surface area contributed by atoms with Crippen molar-refractivity contribution in [2.45, 2.75) is 52.9 Å². The standard InChI is InChI=1S/C6H12O2.C5H10O/c1-3-4-5-8-6(2)7;1-2-3-4-5-6/h3-5H2,1-2H3;5H,2-4H2,1H3. The molecule has 0 spiro atoms. The lowest BCUT2D eigenvalue weighted by Crippen LogP contribution is -1.99. The Bertz CT molecular complexity index is 132. The van der Waals surface area contributed by atoms with E-state index in [1.165, 1.54) is 6.92 Å². The van der Waals surface area contributed by atoms with Crippen LogP contribution >= 0.6 is 0 Å². The van der Waals surface area contributed by atoms with Gasteiger partial charge in [-0.3, -0.25) is 4.79 Å². The second-order valence-corrected chi connectivity index (χ2v) is 3.00. The fraction of sp³-hybridized carbons (Fsp3) is 0.818. The van der Waals surface area contributed by atoms with Gasteiger partial charge >= 0.3 is 5.97 Å². The van der Waals surface area contributed by atoms with Crippen LogP contribution in [0.2, 0.25) is 0 Å². The molecular formula is C11H22O3. The number of carbonyl (C=O) groups excluding carboxylic acids is 2. The molecule has 0 unspecified atom stereocenters. The summed E-state index contributed by atoms with van der Waals surface area (Å²) >= 11 is 0. The SMILES string of the molecule is CCCCC=O.CCCCOC(C)=O. The Kier molecular flexibility index (Phi) is 16.3. The molecule has 0 aliphatic rings. The van der Waals surface area contributed by atoms with Crippen molar-refractivity contribution in [2.24, 2.45) is 0 Å². The van der Waals surface area contributed by atoms with Crippen LogP contribution in [0.1, 0.15) is 52.9 Å². The molecule has 0 aliphatic carbocycles. The Morgan fingerprint density at radius 1 is 1.21 bits per heavy atom. The number of esters is 1. The van der Waals surface area contributed by atoms with E-state index in [4.69, 9.17) is 0 Å². The summed E-state index contributed by atoms with van der Waals surface area (Å²) in [6.45, 7) is 6.13. The number of aldehydes is 1. The largest absolute Gasteiger partial charge is 0.466 e. The molecule has 0 heterocycles. The zero-order chi connectivity index (χ0) is 11.2. The van der Waals surface area contributed by atoms with Crippen molar-refractivity contribution in [2.75, 3.05) is 6.61 Å². The molecule has 0 bridgehead atoms. The van der Waals surface area contributed by atoms with E-state index in [2.05, 4.69) is 18.6 Å². The van der Waals surface area contributed by atoms with Gasteiger partial charge in [-0.2, -0.15) is 0 Å². The predicted octanol–water partition coefficient (Wildman–Crippen LogP) is 2.73. The van der Waals surface area contributed by atoms with Gasteiger partial charge in [-0.15, -0.1) is 0 Å². The Hall–Kier alpha value is -0.860. The van der Waals surface area contributed by atoms with Crippen LogP contribution in [-0.4, -0.2) is 18.9 Å². The molecule has 0 aromatic rings. The Morgan fingerprint density at radius 2 is 1.79 bits per heavy atom. The number of ether oxygens (including phenoxy) is 1. The average molecular weight is 202 g/mol. The number of hydrogen-bond donors (Lipinski definition) is 0. The van der Waals surface area contributed by atoms with E-state index < -0.39 is 0 Å². The first-order chi connectivity index (χ1) is 6.68. The molecule has 0 aliphatic heterocycles. The van der Waals surface area contributed by atoms with Crippen LogP contribution in [0.25, 0.3) is 0 Å². The van der Waals surface area contributed by atoms with E-state index in [1.807, 2.05) is 0 Å². The van der Waals surface area contributed by atoms with Gasteiger partial charge in [0, 0.05) is 13.3 Å². The molecule has 0 saturated heterocycles. The minimum absolute atomic E-state index is 0.182. The molecule has 3 heteroatoms.